The van der Waals surface area contributed by atoms with Gasteiger partial charge in [0.05, 0.1) is 18.7 Å². The lowest BCUT2D eigenvalue weighted by Crippen LogP contribution is -2.48. The van der Waals surface area contributed by atoms with Crippen molar-refractivity contribution in [2.75, 3.05) is 19.0 Å². The van der Waals surface area contributed by atoms with E-state index in [-0.39, 0.29) is 11.9 Å². The molecule has 0 bridgehead atoms. The summed E-state index contributed by atoms with van der Waals surface area (Å²) in [6, 6.07) is 6.33. The summed E-state index contributed by atoms with van der Waals surface area (Å²) in [6.45, 7) is 6.38. The molecule has 1 atom stereocenters. The largest absolute Gasteiger partial charge is 0.466 e. The van der Waals surface area contributed by atoms with Crippen LogP contribution in [0.3, 0.4) is 0 Å². The molecule has 7 heteroatoms. The van der Waals surface area contributed by atoms with E-state index in [9.17, 15) is 14.4 Å². The molecule has 0 saturated heterocycles. The number of nitrogens with one attached hydrogen (secondary N) is 2. The molecule has 7 nitrogen and oxygen atoms in total. The van der Waals surface area contributed by atoms with Crippen molar-refractivity contribution in [2.45, 2.75) is 65.3 Å². The average molecular weight is 416 g/mol. The van der Waals surface area contributed by atoms with Crippen LogP contribution in [0.5, 0.6) is 0 Å². The van der Waals surface area contributed by atoms with Crippen LogP contribution in [0.25, 0.3) is 0 Å². The fourth-order valence-corrected chi connectivity index (χ4v) is 3.63. The van der Waals surface area contributed by atoms with Gasteiger partial charge in [-0.3, -0.25) is 9.69 Å². The van der Waals surface area contributed by atoms with E-state index in [0.717, 1.165) is 32.1 Å². The minimum atomic E-state index is -0.639. The zero-order chi connectivity index (χ0) is 22.1. The summed E-state index contributed by atoms with van der Waals surface area (Å²) in [5, 5.41) is 5.82. The minimum absolute atomic E-state index is 0.0371. The van der Waals surface area contributed by atoms with Gasteiger partial charge in [-0.1, -0.05) is 45.2 Å². The highest BCUT2D eigenvalue weighted by Gasteiger charge is 2.35. The number of allylic oxidation sites excluding steroid dienone is 1. The Balaban J connectivity index is 2.24. The summed E-state index contributed by atoms with van der Waals surface area (Å²) in [6.07, 6.45) is 5.40. The van der Waals surface area contributed by atoms with Crippen molar-refractivity contribution < 1.29 is 19.1 Å². The van der Waals surface area contributed by atoms with Crippen LogP contribution in [0.15, 0.2) is 35.5 Å². The van der Waals surface area contributed by atoms with Gasteiger partial charge in [-0.15, -0.1) is 0 Å². The zero-order valence-electron chi connectivity index (χ0n) is 18.4. The molecule has 30 heavy (non-hydrogen) atoms. The lowest BCUT2D eigenvalue weighted by molar-refractivity contribution is -0.136. The number of benzene rings is 1. The van der Waals surface area contributed by atoms with Gasteiger partial charge in [0.2, 0.25) is 5.91 Å². The maximum Gasteiger partial charge on any atom is 0.337 e. The molecule has 2 rings (SSSR count). The number of ether oxygens (including phenoxy) is 1. The van der Waals surface area contributed by atoms with Crippen LogP contribution in [0.1, 0.15) is 70.9 Å². The highest BCUT2D eigenvalue weighted by molar-refractivity contribution is 5.95. The first-order valence-corrected chi connectivity index (χ1v) is 10.7. The van der Waals surface area contributed by atoms with E-state index in [1.807, 2.05) is 13.0 Å². The van der Waals surface area contributed by atoms with Gasteiger partial charge < -0.3 is 15.4 Å². The maximum absolute atomic E-state index is 12.6. The predicted molar refractivity (Wildman–Crippen MR) is 117 cm³/mol. The number of hydrogen-bond donors (Lipinski definition) is 2. The van der Waals surface area contributed by atoms with Gasteiger partial charge in [0, 0.05) is 24.4 Å². The first-order valence-electron chi connectivity index (χ1n) is 10.7. The minimum Gasteiger partial charge on any atom is -0.466 e. The number of esters is 1. The molecule has 1 heterocycles. The van der Waals surface area contributed by atoms with Crippen molar-refractivity contribution in [1.82, 2.24) is 10.2 Å². The van der Waals surface area contributed by atoms with E-state index in [1.54, 1.807) is 30.0 Å². The molecular weight excluding hydrogens is 382 g/mol. The predicted octanol–water partition coefficient (Wildman–Crippen LogP) is 4.52. The molecule has 1 aromatic carbocycles. The second-order valence-corrected chi connectivity index (χ2v) is 7.51. The molecule has 0 fully saturated rings. The molecule has 1 aliphatic rings. The summed E-state index contributed by atoms with van der Waals surface area (Å²) in [7, 11) is 1.33. The first-order chi connectivity index (χ1) is 14.4. The Morgan fingerprint density at radius 1 is 1.17 bits per heavy atom. The van der Waals surface area contributed by atoms with Crippen molar-refractivity contribution in [1.29, 1.82) is 0 Å². The molecule has 1 aromatic rings. The number of anilines is 1. The Labute approximate surface area is 178 Å². The van der Waals surface area contributed by atoms with Gasteiger partial charge >= 0.3 is 12.0 Å². The number of rotatable bonds is 10. The number of carbonyl (C=O) groups excluding carboxylic acids is 3. The summed E-state index contributed by atoms with van der Waals surface area (Å²) in [5.74, 6) is -0.520. The highest BCUT2D eigenvalue weighted by atomic mass is 16.5. The molecule has 1 aliphatic heterocycles. The van der Waals surface area contributed by atoms with Crippen LogP contribution >= 0.6 is 0 Å². The Kier molecular flexibility index (Phi) is 8.89. The van der Waals surface area contributed by atoms with Crippen LogP contribution in [0, 0.1) is 0 Å². The SMILES string of the molecule is CCCCCCC(=O)Nc1cccc(C2NC(=O)N(CCC)C(C)=C2C(=O)OC)c1. The Hall–Kier alpha value is -2.83. The average Bonchev–Trinajstić information content (AvgIpc) is 2.73. The van der Waals surface area contributed by atoms with Gasteiger partial charge in [0.15, 0.2) is 0 Å². The van der Waals surface area contributed by atoms with Crippen LogP contribution in [-0.2, 0) is 14.3 Å². The van der Waals surface area contributed by atoms with Gasteiger partial charge in [-0.05, 0) is 37.5 Å². The number of unbranched alkanes of at least 4 members (excludes halogenated alkanes) is 3. The summed E-state index contributed by atoms with van der Waals surface area (Å²) in [4.78, 5) is 38.9. The van der Waals surface area contributed by atoms with Gasteiger partial charge in [-0.2, -0.15) is 0 Å². The van der Waals surface area contributed by atoms with Crippen molar-refractivity contribution in [3.63, 3.8) is 0 Å². The second-order valence-electron chi connectivity index (χ2n) is 7.51. The summed E-state index contributed by atoms with van der Waals surface area (Å²) >= 11 is 0. The van der Waals surface area contributed by atoms with Crippen LogP contribution in [-0.4, -0.2) is 36.5 Å². The van der Waals surface area contributed by atoms with Gasteiger partial charge in [0.25, 0.3) is 0 Å². The number of urea groups is 1. The van der Waals surface area contributed by atoms with Crippen LogP contribution in [0.2, 0.25) is 0 Å². The number of carbonyl (C=O) groups is 3. The van der Waals surface area contributed by atoms with Crippen LogP contribution < -0.4 is 10.6 Å². The molecule has 0 aliphatic carbocycles. The third-order valence-electron chi connectivity index (χ3n) is 5.21. The highest BCUT2D eigenvalue weighted by Crippen LogP contribution is 2.32. The monoisotopic (exact) mass is 415 g/mol. The van der Waals surface area contributed by atoms with Gasteiger partial charge in [0.1, 0.15) is 0 Å². The fraction of sp³-hybridized carbons (Fsp3) is 0.522. The molecule has 3 amide bonds. The first kappa shape index (κ1) is 23.4. The zero-order valence-corrected chi connectivity index (χ0v) is 18.4. The topological polar surface area (TPSA) is 87.7 Å². The Morgan fingerprint density at radius 3 is 2.60 bits per heavy atom. The molecule has 164 valence electrons. The fourth-order valence-electron chi connectivity index (χ4n) is 3.63. The quantitative estimate of drug-likeness (QED) is 0.434. The van der Waals surface area contributed by atoms with E-state index in [1.165, 1.54) is 7.11 Å². The number of hydrogen-bond acceptors (Lipinski definition) is 4. The van der Waals surface area contributed by atoms with Crippen molar-refractivity contribution in [3.8, 4) is 0 Å². The van der Waals surface area contributed by atoms with Crippen molar-refractivity contribution in [2.24, 2.45) is 0 Å². The molecular formula is C23H33N3O4. The standard InChI is InChI=1S/C23H33N3O4/c1-5-7-8-9-13-19(27)24-18-12-10-11-17(15-18)21-20(22(28)30-4)16(3)26(14-6-2)23(29)25-21/h10-12,15,21H,5-9,13-14H2,1-4H3,(H,24,27)(H,25,29). The molecule has 1 unspecified atom stereocenters. The van der Waals surface area contributed by atoms with Gasteiger partial charge in [-0.25, -0.2) is 9.59 Å². The number of amides is 3. The van der Waals surface area contributed by atoms with E-state index in [4.69, 9.17) is 4.74 Å². The Morgan fingerprint density at radius 2 is 1.93 bits per heavy atom. The van der Waals surface area contributed by atoms with Crippen molar-refractivity contribution in [3.05, 3.63) is 41.1 Å². The lowest BCUT2D eigenvalue weighted by Gasteiger charge is -2.35. The lowest BCUT2D eigenvalue weighted by atomic mass is 9.94. The van der Waals surface area contributed by atoms with Crippen LogP contribution in [0.4, 0.5) is 10.5 Å². The summed E-state index contributed by atoms with van der Waals surface area (Å²) in [5.41, 5.74) is 2.33. The van der Waals surface area contributed by atoms with E-state index >= 15 is 0 Å². The molecule has 0 aromatic heterocycles. The number of nitrogens with zero attached hydrogens (tertiary/aromatic N) is 1. The normalized spacial score (nSPS) is 16.3. The summed E-state index contributed by atoms with van der Waals surface area (Å²) < 4.78 is 4.99. The molecule has 0 radical (unpaired) electrons. The smallest absolute Gasteiger partial charge is 0.337 e. The van der Waals surface area contributed by atoms with E-state index in [0.29, 0.717) is 35.5 Å². The second kappa shape index (κ2) is 11.4. The third-order valence-corrected chi connectivity index (χ3v) is 5.21. The van der Waals surface area contributed by atoms with E-state index in [2.05, 4.69) is 17.6 Å². The maximum atomic E-state index is 12.6. The molecule has 0 spiro atoms. The number of methoxy groups -OCH3 is 1. The third kappa shape index (κ3) is 5.84. The molecule has 0 saturated carbocycles. The van der Waals surface area contributed by atoms with E-state index < -0.39 is 12.0 Å². The Bertz CT molecular complexity index is 803. The van der Waals surface area contributed by atoms with Crippen molar-refractivity contribution >= 4 is 23.6 Å². The molecule has 2 N–H and O–H groups in total.